The standard InChI is InChI=1S/C51H60F2N4O7/c1-31-39(15-5-17-43(31)52)41-27-50(35-11-7-19-54-29-35,56(21-23-58)45(41)47(62)33-9-3-13-37(60)25-33)49(64)51(36-12-8-20-55-30-36)28-42(40-16-6-18-44(53)32(40)2)46(57(51)22-24-59)48(63)34-10-4-14-38(61)26-34/h3-6,9-10,13-18,25-26,35-36,41-42,45-46,54-55,58-61H,7-8,11-12,19-24,27-30H2,1-2H3/t35?,36?,41-,42-,45-,46-,50+,51+/m0/s1. The molecule has 0 spiro atoms. The molecule has 8 atom stereocenters. The number of hydrogen-bond acceptors (Lipinski definition) is 11. The first-order valence-corrected chi connectivity index (χ1v) is 22.8. The summed E-state index contributed by atoms with van der Waals surface area (Å²) in [7, 11) is 0. The molecule has 4 aliphatic heterocycles. The fraction of sp³-hybridized carbons (Fsp3) is 0.471. The van der Waals surface area contributed by atoms with Crippen LogP contribution < -0.4 is 10.6 Å². The number of nitrogens with zero attached hydrogens (tertiary/aromatic N) is 2. The number of Topliss-reactive ketones (excluding diaryl/α,β-unsaturated/α-hetero) is 3. The highest BCUT2D eigenvalue weighted by molar-refractivity contribution is 6.06. The van der Waals surface area contributed by atoms with Crippen LogP contribution in [0.3, 0.4) is 0 Å². The largest absolute Gasteiger partial charge is 0.508 e. The van der Waals surface area contributed by atoms with Crippen LogP contribution in [0.5, 0.6) is 11.5 Å². The number of halogens is 2. The molecule has 6 N–H and O–H groups in total. The van der Waals surface area contributed by atoms with Crippen LogP contribution in [0.25, 0.3) is 0 Å². The fourth-order valence-corrected chi connectivity index (χ4v) is 12.4. The van der Waals surface area contributed by atoms with E-state index < -0.39 is 83.2 Å². The van der Waals surface area contributed by atoms with E-state index in [0.717, 1.165) is 0 Å². The summed E-state index contributed by atoms with van der Waals surface area (Å²) in [6.07, 6.45) is 2.73. The highest BCUT2D eigenvalue weighted by atomic mass is 19.1. The highest BCUT2D eigenvalue weighted by Crippen LogP contribution is 2.58. The topological polar surface area (TPSA) is 163 Å². The Hall–Kier alpha value is -4.89. The van der Waals surface area contributed by atoms with Crippen LogP contribution in [-0.2, 0) is 4.79 Å². The van der Waals surface area contributed by atoms with Crippen molar-refractivity contribution in [3.8, 4) is 11.5 Å². The lowest BCUT2D eigenvalue weighted by molar-refractivity contribution is -0.152. The quantitative estimate of drug-likeness (QED) is 0.0850. The third-order valence-corrected chi connectivity index (χ3v) is 15.2. The van der Waals surface area contributed by atoms with Gasteiger partial charge in [-0.1, -0.05) is 48.5 Å². The number of aliphatic hydroxyl groups excluding tert-OH is 2. The van der Waals surface area contributed by atoms with Crippen LogP contribution in [0.4, 0.5) is 8.78 Å². The number of piperidine rings is 2. The monoisotopic (exact) mass is 878 g/mol. The number of aromatic hydroxyl groups is 2. The summed E-state index contributed by atoms with van der Waals surface area (Å²) in [5.41, 5.74) is -0.869. The molecule has 4 aliphatic rings. The second-order valence-electron chi connectivity index (χ2n) is 18.3. The first kappa shape index (κ1) is 45.7. The molecule has 0 amide bonds. The summed E-state index contributed by atoms with van der Waals surface area (Å²) in [5, 5.41) is 50.5. The molecule has 4 heterocycles. The van der Waals surface area contributed by atoms with Gasteiger partial charge in [-0.25, -0.2) is 8.78 Å². The van der Waals surface area contributed by atoms with Crippen molar-refractivity contribution in [2.45, 2.75) is 87.4 Å². The van der Waals surface area contributed by atoms with E-state index in [-0.39, 0.29) is 54.3 Å². The van der Waals surface area contributed by atoms with Crippen molar-refractivity contribution in [2.24, 2.45) is 11.8 Å². The number of hydrogen-bond donors (Lipinski definition) is 6. The third-order valence-electron chi connectivity index (χ3n) is 15.2. The zero-order chi connectivity index (χ0) is 45.3. The van der Waals surface area contributed by atoms with Gasteiger partial charge >= 0.3 is 0 Å². The number of benzene rings is 4. The molecule has 4 saturated heterocycles. The molecule has 8 rings (SSSR count). The first-order valence-electron chi connectivity index (χ1n) is 22.8. The van der Waals surface area contributed by atoms with Crippen molar-refractivity contribution in [3.63, 3.8) is 0 Å². The number of aliphatic hydroxyl groups is 2. The summed E-state index contributed by atoms with van der Waals surface area (Å²) in [5.74, 6) is -4.59. The van der Waals surface area contributed by atoms with Gasteiger partial charge in [0.1, 0.15) is 23.1 Å². The van der Waals surface area contributed by atoms with Gasteiger partial charge in [-0.3, -0.25) is 24.2 Å². The molecule has 0 aliphatic carbocycles. The Morgan fingerprint density at radius 2 is 1.05 bits per heavy atom. The summed E-state index contributed by atoms with van der Waals surface area (Å²) in [6.45, 7) is 4.49. The Morgan fingerprint density at radius 1 is 0.641 bits per heavy atom. The highest BCUT2D eigenvalue weighted by Gasteiger charge is 2.70. The minimum Gasteiger partial charge on any atom is -0.508 e. The van der Waals surface area contributed by atoms with Crippen LogP contribution in [0, 0.1) is 37.3 Å². The lowest BCUT2D eigenvalue weighted by Crippen LogP contribution is -2.72. The van der Waals surface area contributed by atoms with Gasteiger partial charge in [-0.05, 0) is 136 Å². The van der Waals surface area contributed by atoms with Crippen molar-refractivity contribution in [3.05, 3.63) is 130 Å². The Labute approximate surface area is 373 Å². The minimum atomic E-state index is -1.52. The maximum atomic E-state index is 17.5. The Bertz CT molecular complexity index is 2210. The molecule has 4 fully saturated rings. The first-order chi connectivity index (χ1) is 30.9. The maximum absolute atomic E-state index is 17.5. The molecule has 4 aromatic rings. The molecule has 0 bridgehead atoms. The molecule has 0 saturated carbocycles. The van der Waals surface area contributed by atoms with E-state index >= 15 is 23.2 Å². The number of carbonyl (C=O) groups is 3. The molecule has 340 valence electrons. The van der Waals surface area contributed by atoms with E-state index in [4.69, 9.17) is 0 Å². The normalized spacial score (nSPS) is 28.9. The van der Waals surface area contributed by atoms with E-state index in [0.29, 0.717) is 74.1 Å². The zero-order valence-corrected chi connectivity index (χ0v) is 36.6. The second-order valence-corrected chi connectivity index (χ2v) is 18.3. The van der Waals surface area contributed by atoms with Gasteiger partial charge in [-0.15, -0.1) is 0 Å². The fourth-order valence-electron chi connectivity index (χ4n) is 12.4. The van der Waals surface area contributed by atoms with E-state index in [1.807, 2.05) is 9.80 Å². The number of phenols is 2. The molecular formula is C51H60F2N4O7. The van der Waals surface area contributed by atoms with E-state index in [9.17, 15) is 20.4 Å². The summed E-state index contributed by atoms with van der Waals surface area (Å²) in [6, 6.07) is 19.4. The summed E-state index contributed by atoms with van der Waals surface area (Å²) < 4.78 is 31.5. The molecule has 11 nitrogen and oxygen atoms in total. The van der Waals surface area contributed by atoms with Crippen molar-refractivity contribution in [2.75, 3.05) is 52.5 Å². The van der Waals surface area contributed by atoms with Crippen LogP contribution in [0.15, 0.2) is 84.9 Å². The average Bonchev–Trinajstić information content (AvgIpc) is 3.82. The number of likely N-dealkylation sites (tertiary alicyclic amines) is 2. The molecule has 64 heavy (non-hydrogen) atoms. The van der Waals surface area contributed by atoms with Gasteiger partial charge in [0.05, 0.1) is 36.4 Å². The number of phenolic OH excluding ortho intramolecular Hbond substituents is 2. The van der Waals surface area contributed by atoms with Gasteiger partial charge < -0.3 is 31.1 Å². The van der Waals surface area contributed by atoms with Crippen LogP contribution >= 0.6 is 0 Å². The summed E-state index contributed by atoms with van der Waals surface area (Å²) in [4.78, 5) is 51.9. The van der Waals surface area contributed by atoms with Gasteiger partial charge in [0.2, 0.25) is 0 Å². The minimum absolute atomic E-state index is 0.0708. The van der Waals surface area contributed by atoms with Crippen LogP contribution in [0.2, 0.25) is 0 Å². The third kappa shape index (κ3) is 7.87. The number of ketones is 3. The lowest BCUT2D eigenvalue weighted by Gasteiger charge is -2.54. The van der Waals surface area contributed by atoms with Crippen LogP contribution in [-0.4, -0.2) is 123 Å². The number of β-amino-alcohol motifs (C(OH)–C–C–N with tert-alkyl or cyclic N) is 2. The molecular weight excluding hydrogens is 819 g/mol. The molecule has 0 radical (unpaired) electrons. The lowest BCUT2D eigenvalue weighted by atomic mass is 9.62. The van der Waals surface area contributed by atoms with E-state index in [1.165, 1.54) is 36.4 Å². The maximum Gasteiger partial charge on any atom is 0.180 e. The van der Waals surface area contributed by atoms with Crippen molar-refractivity contribution in [1.82, 2.24) is 20.4 Å². The number of nitrogens with one attached hydrogen (secondary N) is 2. The predicted molar refractivity (Wildman–Crippen MR) is 239 cm³/mol. The van der Waals surface area contributed by atoms with Gasteiger partial charge in [0.25, 0.3) is 0 Å². The molecule has 4 aromatic carbocycles. The van der Waals surface area contributed by atoms with Crippen molar-refractivity contribution >= 4 is 17.3 Å². The zero-order valence-electron chi connectivity index (χ0n) is 36.6. The van der Waals surface area contributed by atoms with Gasteiger partial charge in [0, 0.05) is 49.1 Å². The molecule has 2 unspecified atom stereocenters. The average molecular weight is 879 g/mol. The van der Waals surface area contributed by atoms with Gasteiger partial charge in [-0.2, -0.15) is 0 Å². The number of carbonyl (C=O) groups excluding carboxylic acids is 3. The summed E-state index contributed by atoms with van der Waals surface area (Å²) >= 11 is 0. The van der Waals surface area contributed by atoms with E-state index in [1.54, 1.807) is 62.4 Å². The smallest absolute Gasteiger partial charge is 0.180 e. The second kappa shape index (κ2) is 18.9. The Morgan fingerprint density at radius 3 is 1.41 bits per heavy atom. The predicted octanol–water partition coefficient (Wildman–Crippen LogP) is 5.81. The van der Waals surface area contributed by atoms with Crippen LogP contribution in [0.1, 0.15) is 93.3 Å². The van der Waals surface area contributed by atoms with E-state index in [2.05, 4.69) is 10.6 Å². The SMILES string of the molecule is Cc1c(F)cccc1[C@@H]1C[C@](C(=O)[C@]2(C3CCCNC3)C[C@@H](c3cccc(F)c3C)[C@@H](C(=O)c3cccc(O)c3)N2CCO)(C2CCCNC2)N(CCO)[C@@H]1C(=O)c1cccc(O)c1. The Kier molecular flexibility index (Phi) is 13.5. The Balaban J connectivity index is 1.42. The van der Waals surface area contributed by atoms with Gasteiger partial charge in [0.15, 0.2) is 17.3 Å². The molecule has 13 heteroatoms. The molecule has 0 aromatic heterocycles. The number of rotatable bonds is 14. The van der Waals surface area contributed by atoms with Crippen molar-refractivity contribution in [1.29, 1.82) is 0 Å². The van der Waals surface area contributed by atoms with Crippen molar-refractivity contribution < 1.29 is 43.6 Å².